The normalized spacial score (nSPS) is 10.1. The number of methoxy groups -OCH3 is 2. The number of ether oxygens (including phenoxy) is 4. The highest BCUT2D eigenvalue weighted by Crippen LogP contribution is 2.27. The largest absolute Gasteiger partial charge is 0.486 e. The summed E-state index contributed by atoms with van der Waals surface area (Å²) in [6.07, 6.45) is 10.6. The highest BCUT2D eigenvalue weighted by molar-refractivity contribution is 5.80. The van der Waals surface area contributed by atoms with Gasteiger partial charge < -0.3 is 24.1 Å². The molecule has 292 valence electrons. The molecule has 0 aromatic carbocycles. The van der Waals surface area contributed by atoms with Gasteiger partial charge in [0, 0.05) is 48.0 Å². The molecule has 1 N–H and O–H groups in total. The van der Waals surface area contributed by atoms with Crippen LogP contribution in [0.1, 0.15) is 53.6 Å². The van der Waals surface area contributed by atoms with Gasteiger partial charge in [0.1, 0.15) is 31.3 Å². The summed E-state index contributed by atoms with van der Waals surface area (Å²) < 4.78 is 24.5. The average molecular weight is 767 g/mol. The molecule has 0 saturated heterocycles. The van der Waals surface area contributed by atoms with Crippen molar-refractivity contribution in [1.82, 2.24) is 39.5 Å². The Labute approximate surface area is 322 Å². The Balaban J connectivity index is 0.000000290. The number of Topliss-reactive ketones (excluding diaryl/α,β-unsaturated/α-hetero) is 1. The molecule has 6 aromatic heterocycles. The van der Waals surface area contributed by atoms with Gasteiger partial charge in [-0.05, 0) is 31.2 Å². The van der Waals surface area contributed by atoms with Crippen LogP contribution in [0.2, 0.25) is 0 Å². The number of carbonyl (C=O) groups is 4. The van der Waals surface area contributed by atoms with Crippen molar-refractivity contribution in [2.75, 3.05) is 14.2 Å². The highest BCUT2D eigenvalue weighted by Gasteiger charge is 2.16. The van der Waals surface area contributed by atoms with E-state index >= 15 is 0 Å². The predicted octanol–water partition coefficient (Wildman–Crippen LogP) is 5.43. The maximum Gasteiger partial charge on any atom is 0.325 e. The van der Waals surface area contributed by atoms with Gasteiger partial charge in [0.05, 0.1) is 67.1 Å². The third-order valence-corrected chi connectivity index (χ3v) is 7.54. The number of rotatable bonds is 16. The molecule has 56 heavy (non-hydrogen) atoms. The second-order valence-electron chi connectivity index (χ2n) is 11.2. The standard InChI is InChI=1S/C19H18N4O4.C18H16N4O5.2CH4/c1-13(25)10-23-16(5-7-22-23)19-14(4-3-6-20-19)12-27-17-9-21-18(26-2)8-15(17)11-24;1-26-16-7-13(10-23)15(8-20-16)27-11-12-3-2-5-19-18(12)14-4-6-21-22(14)9-17(24)25;;/h3-9,11H,10,12H2,1-2H3;2-8,10H,9,11H2,1H3,(H,24,25);2*1H4. The lowest BCUT2D eigenvalue weighted by Gasteiger charge is -2.12. The number of carboxylic acid groups (broad SMARTS) is 1. The van der Waals surface area contributed by atoms with E-state index in [9.17, 15) is 19.2 Å². The van der Waals surface area contributed by atoms with Crippen LogP contribution in [0.15, 0.2) is 85.7 Å². The van der Waals surface area contributed by atoms with Gasteiger partial charge in [-0.15, -0.1) is 0 Å². The molecule has 0 atom stereocenters. The second kappa shape index (κ2) is 20.8. The van der Waals surface area contributed by atoms with E-state index in [0.29, 0.717) is 75.3 Å². The Hall–Kier alpha value is -7.30. The zero-order chi connectivity index (χ0) is 38.5. The second-order valence-corrected chi connectivity index (χ2v) is 11.2. The van der Waals surface area contributed by atoms with Crippen LogP contribution in [0.4, 0.5) is 0 Å². The maximum absolute atomic E-state index is 11.5. The number of carbonyl (C=O) groups excluding carboxylic acids is 3. The summed E-state index contributed by atoms with van der Waals surface area (Å²) in [6.45, 7) is 1.67. The SMILES string of the molecule is C.C.COc1cc(C=O)c(OCc2cccnc2-c2ccnn2CC(=O)O)cn1.COc1cc(C=O)c(OCc2cccnc2-c2ccnn2CC(C)=O)cn1. The van der Waals surface area contributed by atoms with Gasteiger partial charge in [0.15, 0.2) is 18.4 Å². The van der Waals surface area contributed by atoms with Gasteiger partial charge in [-0.1, -0.05) is 27.0 Å². The van der Waals surface area contributed by atoms with Crippen LogP contribution in [-0.4, -0.2) is 83.1 Å². The molecule has 0 saturated carbocycles. The predicted molar refractivity (Wildman–Crippen MR) is 204 cm³/mol. The topological polar surface area (TPSA) is 213 Å². The lowest BCUT2D eigenvalue weighted by atomic mass is 10.1. The van der Waals surface area contributed by atoms with Gasteiger partial charge in [0.25, 0.3) is 0 Å². The number of aromatic nitrogens is 8. The van der Waals surface area contributed by atoms with Crippen molar-refractivity contribution in [3.8, 4) is 46.0 Å². The Morgan fingerprint density at radius 1 is 0.679 bits per heavy atom. The first-order valence-electron chi connectivity index (χ1n) is 16.1. The summed E-state index contributed by atoms with van der Waals surface area (Å²) in [4.78, 5) is 61.9. The fourth-order valence-corrected chi connectivity index (χ4v) is 5.07. The molecule has 0 amide bonds. The smallest absolute Gasteiger partial charge is 0.325 e. The van der Waals surface area contributed by atoms with Crippen LogP contribution in [0.5, 0.6) is 23.3 Å². The van der Waals surface area contributed by atoms with E-state index < -0.39 is 5.97 Å². The molecule has 0 unspecified atom stereocenters. The van der Waals surface area contributed by atoms with Crippen molar-refractivity contribution in [1.29, 1.82) is 0 Å². The lowest BCUT2D eigenvalue weighted by Crippen LogP contribution is -2.12. The number of hydrogen-bond acceptors (Lipinski definition) is 14. The fraction of sp³-hybridized carbons (Fsp3) is 0.231. The molecular formula is C39H42N8O9. The van der Waals surface area contributed by atoms with Gasteiger partial charge in [-0.3, -0.25) is 38.5 Å². The molecular weight excluding hydrogens is 724 g/mol. The average Bonchev–Trinajstić information content (AvgIpc) is 3.85. The van der Waals surface area contributed by atoms with Gasteiger partial charge in [-0.25, -0.2) is 9.97 Å². The van der Waals surface area contributed by atoms with Crippen molar-refractivity contribution < 1.29 is 43.2 Å². The van der Waals surface area contributed by atoms with Gasteiger partial charge in [0.2, 0.25) is 11.8 Å². The van der Waals surface area contributed by atoms with E-state index in [0.717, 1.165) is 5.56 Å². The third-order valence-electron chi connectivity index (χ3n) is 7.54. The first-order valence-corrected chi connectivity index (χ1v) is 16.1. The van der Waals surface area contributed by atoms with Crippen LogP contribution in [0.25, 0.3) is 22.8 Å². The minimum absolute atomic E-state index is 0. The van der Waals surface area contributed by atoms with E-state index in [1.807, 2.05) is 6.07 Å². The minimum Gasteiger partial charge on any atom is -0.486 e. The van der Waals surface area contributed by atoms with Crippen molar-refractivity contribution in [2.24, 2.45) is 0 Å². The lowest BCUT2D eigenvalue weighted by molar-refractivity contribution is -0.137. The van der Waals surface area contributed by atoms with Crippen LogP contribution in [0.3, 0.4) is 0 Å². The Morgan fingerprint density at radius 3 is 1.52 bits per heavy atom. The van der Waals surface area contributed by atoms with E-state index in [1.54, 1.807) is 53.6 Å². The number of nitrogens with zero attached hydrogens (tertiary/aromatic N) is 8. The molecule has 0 radical (unpaired) electrons. The monoisotopic (exact) mass is 766 g/mol. The summed E-state index contributed by atoms with van der Waals surface area (Å²) in [5.41, 5.74) is 4.62. The van der Waals surface area contributed by atoms with Crippen LogP contribution >= 0.6 is 0 Å². The molecule has 0 aliphatic rings. The molecule has 0 bridgehead atoms. The number of carboxylic acids is 1. The number of hydrogen-bond donors (Lipinski definition) is 1. The molecule has 17 nitrogen and oxygen atoms in total. The molecule has 0 spiro atoms. The third kappa shape index (κ3) is 10.9. The number of pyridine rings is 4. The molecule has 0 aliphatic carbocycles. The molecule has 0 aliphatic heterocycles. The zero-order valence-corrected chi connectivity index (χ0v) is 29.4. The minimum atomic E-state index is -1.01. The summed E-state index contributed by atoms with van der Waals surface area (Å²) >= 11 is 0. The van der Waals surface area contributed by atoms with Crippen molar-refractivity contribution in [3.05, 3.63) is 108 Å². The Bertz CT molecular complexity index is 2100. The van der Waals surface area contributed by atoms with E-state index in [4.69, 9.17) is 24.1 Å². The summed E-state index contributed by atoms with van der Waals surface area (Å²) in [6, 6.07) is 13.7. The van der Waals surface area contributed by atoms with Crippen molar-refractivity contribution in [3.63, 3.8) is 0 Å². The van der Waals surface area contributed by atoms with Crippen molar-refractivity contribution >= 4 is 24.3 Å². The zero-order valence-electron chi connectivity index (χ0n) is 29.4. The molecule has 0 fully saturated rings. The van der Waals surface area contributed by atoms with E-state index in [-0.39, 0.29) is 46.9 Å². The molecule has 6 heterocycles. The number of ketones is 1. The highest BCUT2D eigenvalue weighted by atomic mass is 16.5. The Morgan fingerprint density at radius 2 is 1.12 bits per heavy atom. The van der Waals surface area contributed by atoms with Gasteiger partial charge >= 0.3 is 5.97 Å². The van der Waals surface area contributed by atoms with E-state index in [2.05, 4.69) is 30.1 Å². The van der Waals surface area contributed by atoms with E-state index in [1.165, 1.54) is 56.5 Å². The first kappa shape index (κ1) is 43.1. The summed E-state index contributed by atoms with van der Waals surface area (Å²) in [5, 5.41) is 17.2. The number of aliphatic carboxylic acids is 1. The van der Waals surface area contributed by atoms with Gasteiger partial charge in [-0.2, -0.15) is 10.2 Å². The van der Waals surface area contributed by atoms with Crippen LogP contribution in [-0.2, 0) is 35.9 Å². The number of aldehydes is 2. The quantitative estimate of drug-likeness (QED) is 0.122. The Kier molecular flexibility index (Phi) is 16.0. The maximum atomic E-state index is 11.5. The molecule has 17 heteroatoms. The summed E-state index contributed by atoms with van der Waals surface area (Å²) in [5.74, 6) is 0.281. The fourth-order valence-electron chi connectivity index (χ4n) is 5.07. The van der Waals surface area contributed by atoms with Crippen molar-refractivity contribution in [2.45, 2.75) is 48.1 Å². The van der Waals surface area contributed by atoms with Crippen LogP contribution in [0, 0.1) is 0 Å². The summed E-state index contributed by atoms with van der Waals surface area (Å²) in [7, 11) is 2.93. The first-order chi connectivity index (χ1) is 26.2. The molecule has 6 rings (SSSR count). The molecule has 6 aromatic rings. The van der Waals surface area contributed by atoms with Crippen LogP contribution < -0.4 is 18.9 Å².